The Kier molecular flexibility index (Phi) is 3.84. The fourth-order valence-corrected chi connectivity index (χ4v) is 2.81. The Morgan fingerprint density at radius 2 is 1.95 bits per heavy atom. The number of rotatable bonds is 4. The van der Waals surface area contributed by atoms with Crippen LogP contribution >= 0.6 is 11.6 Å². The maximum Gasteiger partial charge on any atom is 0.205 e. The highest BCUT2D eigenvalue weighted by Crippen LogP contribution is 2.18. The maximum atomic E-state index is 12.2. The van der Waals surface area contributed by atoms with Crippen molar-refractivity contribution in [3.05, 3.63) is 75.2 Å². The summed E-state index contributed by atoms with van der Waals surface area (Å²) in [5.41, 5.74) is 4.98. The highest BCUT2D eigenvalue weighted by molar-refractivity contribution is 6.16. The molecule has 4 heteroatoms. The normalized spacial score (nSPS) is 11.1. The van der Waals surface area contributed by atoms with Crippen molar-refractivity contribution in [2.45, 2.75) is 25.6 Å². The Hall–Kier alpha value is -2.00. The molecule has 0 saturated carbocycles. The minimum atomic E-state index is 0.0124. The second kappa shape index (κ2) is 5.78. The molecule has 0 spiro atoms. The number of aromatic nitrogens is 2. The van der Waals surface area contributed by atoms with E-state index in [0.29, 0.717) is 11.4 Å². The fraction of sp³-hybridized carbons (Fsp3) is 0.235. The number of aryl methyl sites for hydroxylation is 1. The van der Waals surface area contributed by atoms with Gasteiger partial charge in [-0.15, -0.1) is 11.6 Å². The average Bonchev–Trinajstić information content (AvgIpc) is 2.87. The van der Waals surface area contributed by atoms with E-state index in [1.165, 1.54) is 11.1 Å². The number of benzene rings is 1. The quantitative estimate of drug-likeness (QED) is 0.736. The van der Waals surface area contributed by atoms with Crippen molar-refractivity contribution in [3.63, 3.8) is 0 Å². The zero-order valence-electron chi connectivity index (χ0n) is 11.9. The van der Waals surface area contributed by atoms with Gasteiger partial charge in [0.05, 0.1) is 11.6 Å². The van der Waals surface area contributed by atoms with Gasteiger partial charge in [0.25, 0.3) is 0 Å². The van der Waals surface area contributed by atoms with Gasteiger partial charge in [0.15, 0.2) is 0 Å². The fourth-order valence-electron chi connectivity index (χ4n) is 2.68. The molecule has 2 heterocycles. The van der Waals surface area contributed by atoms with Crippen LogP contribution in [0.1, 0.15) is 29.4 Å². The number of fused-ring (bicyclic) bond motifs is 1. The molecule has 0 saturated heterocycles. The van der Waals surface area contributed by atoms with Crippen LogP contribution in [0.2, 0.25) is 0 Å². The van der Waals surface area contributed by atoms with E-state index in [0.717, 1.165) is 24.2 Å². The molecular formula is C17H17ClN2O. The summed E-state index contributed by atoms with van der Waals surface area (Å²) >= 11 is 5.87. The van der Waals surface area contributed by atoms with Crippen molar-refractivity contribution in [2.24, 2.45) is 0 Å². The number of nitrogens with one attached hydrogen (secondary N) is 1. The molecule has 0 aliphatic carbocycles. The Bertz CT molecular complexity index is 818. The molecule has 0 atom stereocenters. The summed E-state index contributed by atoms with van der Waals surface area (Å²) in [5.74, 6) is 0.301. The topological polar surface area (TPSA) is 37.3 Å². The number of H-pyrrole nitrogens is 1. The summed E-state index contributed by atoms with van der Waals surface area (Å²) in [5, 5.41) is 3.25. The van der Waals surface area contributed by atoms with Gasteiger partial charge in [0, 0.05) is 18.2 Å². The van der Waals surface area contributed by atoms with E-state index in [1.807, 2.05) is 28.8 Å². The van der Waals surface area contributed by atoms with Crippen LogP contribution in [-0.4, -0.2) is 9.61 Å². The van der Waals surface area contributed by atoms with Gasteiger partial charge in [0.2, 0.25) is 5.43 Å². The third-order valence-electron chi connectivity index (χ3n) is 3.74. The molecule has 0 amide bonds. The number of hydrogen-bond donors (Lipinski definition) is 1. The molecule has 0 fully saturated rings. The molecule has 3 nitrogen and oxygen atoms in total. The Morgan fingerprint density at radius 1 is 1.19 bits per heavy atom. The molecule has 2 aromatic heterocycles. The SMILES string of the molecule is CCc1cc2c(=O)cc(CCl)[nH]n2c1Cc1ccccc1. The van der Waals surface area contributed by atoms with Crippen LogP contribution in [-0.2, 0) is 18.7 Å². The minimum Gasteiger partial charge on any atom is -0.297 e. The lowest BCUT2D eigenvalue weighted by Crippen LogP contribution is -2.11. The summed E-state index contributed by atoms with van der Waals surface area (Å²) in [6.45, 7) is 2.11. The number of alkyl halides is 1. The smallest absolute Gasteiger partial charge is 0.205 e. The first kappa shape index (κ1) is 14.0. The van der Waals surface area contributed by atoms with Crippen molar-refractivity contribution in [1.82, 2.24) is 9.61 Å². The molecule has 1 N–H and O–H groups in total. The van der Waals surface area contributed by atoms with Crippen LogP contribution in [0, 0.1) is 0 Å². The second-order valence-electron chi connectivity index (χ2n) is 5.13. The highest BCUT2D eigenvalue weighted by atomic mass is 35.5. The maximum absolute atomic E-state index is 12.2. The van der Waals surface area contributed by atoms with Crippen LogP contribution in [0.25, 0.3) is 5.52 Å². The van der Waals surface area contributed by atoms with E-state index >= 15 is 0 Å². The lowest BCUT2D eigenvalue weighted by molar-refractivity contribution is 0.828. The van der Waals surface area contributed by atoms with E-state index in [-0.39, 0.29) is 5.43 Å². The van der Waals surface area contributed by atoms with Crippen molar-refractivity contribution >= 4 is 17.1 Å². The first-order chi connectivity index (χ1) is 10.2. The molecule has 3 rings (SSSR count). The molecule has 108 valence electrons. The standard InChI is InChI=1S/C17H17ClN2O/c1-2-13-9-16-17(21)10-14(11-18)19-20(16)15(13)8-12-6-4-3-5-7-12/h3-7,9-10,19H,2,8,11H2,1H3. The molecule has 3 aromatic rings. The van der Waals surface area contributed by atoms with Gasteiger partial charge in [-0.2, -0.15) is 0 Å². The molecule has 0 bridgehead atoms. The predicted molar refractivity (Wildman–Crippen MR) is 86.2 cm³/mol. The van der Waals surface area contributed by atoms with E-state index in [1.54, 1.807) is 6.07 Å². The molecule has 0 aliphatic rings. The molecule has 0 radical (unpaired) electrons. The monoisotopic (exact) mass is 300 g/mol. The van der Waals surface area contributed by atoms with Crippen molar-refractivity contribution in [2.75, 3.05) is 0 Å². The third kappa shape index (κ3) is 2.61. The minimum absolute atomic E-state index is 0.0124. The molecule has 0 aliphatic heterocycles. The van der Waals surface area contributed by atoms with Crippen LogP contribution in [0.5, 0.6) is 0 Å². The summed E-state index contributed by atoms with van der Waals surface area (Å²) in [6.07, 6.45) is 1.69. The van der Waals surface area contributed by atoms with Crippen LogP contribution in [0.3, 0.4) is 0 Å². The average molecular weight is 301 g/mol. The van der Waals surface area contributed by atoms with Crippen LogP contribution in [0.15, 0.2) is 47.3 Å². The second-order valence-corrected chi connectivity index (χ2v) is 5.40. The summed E-state index contributed by atoms with van der Waals surface area (Å²) in [7, 11) is 0. The number of aromatic amines is 1. The summed E-state index contributed by atoms with van der Waals surface area (Å²) in [4.78, 5) is 12.2. The first-order valence-corrected chi connectivity index (χ1v) is 7.61. The summed E-state index contributed by atoms with van der Waals surface area (Å²) < 4.78 is 1.89. The molecule has 0 unspecified atom stereocenters. The zero-order chi connectivity index (χ0) is 14.8. The van der Waals surface area contributed by atoms with Crippen LogP contribution in [0.4, 0.5) is 0 Å². The molecule has 21 heavy (non-hydrogen) atoms. The van der Waals surface area contributed by atoms with Crippen LogP contribution < -0.4 is 5.43 Å². The largest absolute Gasteiger partial charge is 0.297 e. The highest BCUT2D eigenvalue weighted by Gasteiger charge is 2.13. The van der Waals surface area contributed by atoms with Gasteiger partial charge in [-0.05, 0) is 23.6 Å². The number of nitrogens with zero attached hydrogens (tertiary/aromatic N) is 1. The number of hydrogen-bond acceptors (Lipinski definition) is 1. The van der Waals surface area contributed by atoms with Gasteiger partial charge >= 0.3 is 0 Å². The van der Waals surface area contributed by atoms with E-state index in [9.17, 15) is 4.79 Å². The van der Waals surface area contributed by atoms with Gasteiger partial charge in [-0.3, -0.25) is 14.4 Å². The first-order valence-electron chi connectivity index (χ1n) is 7.08. The molecular weight excluding hydrogens is 284 g/mol. The van der Waals surface area contributed by atoms with E-state index in [4.69, 9.17) is 11.6 Å². The Morgan fingerprint density at radius 3 is 2.62 bits per heavy atom. The van der Waals surface area contributed by atoms with Gasteiger partial charge in [0.1, 0.15) is 5.52 Å². The molecule has 1 aromatic carbocycles. The van der Waals surface area contributed by atoms with Crippen molar-refractivity contribution in [1.29, 1.82) is 0 Å². The van der Waals surface area contributed by atoms with Crippen molar-refractivity contribution < 1.29 is 0 Å². The van der Waals surface area contributed by atoms with Crippen molar-refractivity contribution in [3.8, 4) is 0 Å². The predicted octanol–water partition coefficient (Wildman–Crippen LogP) is 3.52. The lowest BCUT2D eigenvalue weighted by atomic mass is 10.1. The lowest BCUT2D eigenvalue weighted by Gasteiger charge is -2.07. The van der Waals surface area contributed by atoms with E-state index in [2.05, 4.69) is 24.2 Å². The number of halogens is 1. The van der Waals surface area contributed by atoms with Gasteiger partial charge in [-0.25, -0.2) is 0 Å². The Labute approximate surface area is 128 Å². The van der Waals surface area contributed by atoms with E-state index < -0.39 is 0 Å². The van der Waals surface area contributed by atoms with Gasteiger partial charge < -0.3 is 0 Å². The summed E-state index contributed by atoms with van der Waals surface area (Å²) in [6, 6.07) is 13.8. The third-order valence-corrected chi connectivity index (χ3v) is 4.03. The Balaban J connectivity index is 2.19. The van der Waals surface area contributed by atoms with Gasteiger partial charge in [-0.1, -0.05) is 37.3 Å². The zero-order valence-corrected chi connectivity index (χ0v) is 12.7.